The largest absolute Gasteiger partial charge is 0.469 e. The van der Waals surface area contributed by atoms with Gasteiger partial charge in [-0.1, -0.05) is 0 Å². The average molecular weight is 450 g/mol. The molecule has 9 nitrogen and oxygen atoms in total. The predicted molar refractivity (Wildman–Crippen MR) is 99.7 cm³/mol. The van der Waals surface area contributed by atoms with Crippen LogP contribution in [-0.4, -0.2) is 64.0 Å². The Morgan fingerprint density at radius 1 is 0.677 bits per heavy atom. The third-order valence-corrected chi connectivity index (χ3v) is 5.31. The van der Waals surface area contributed by atoms with E-state index in [1.807, 2.05) is 0 Å². The summed E-state index contributed by atoms with van der Waals surface area (Å²) in [7, 11) is 4.83. The van der Waals surface area contributed by atoms with Gasteiger partial charge in [0, 0.05) is 25.7 Å². The van der Waals surface area contributed by atoms with Crippen LogP contribution in [0.3, 0.4) is 0 Å². The Balaban J connectivity index is 0.000000311. The van der Waals surface area contributed by atoms with Crippen LogP contribution in [0.5, 0.6) is 0 Å². The van der Waals surface area contributed by atoms with Crippen molar-refractivity contribution in [3.05, 3.63) is 0 Å². The summed E-state index contributed by atoms with van der Waals surface area (Å²) >= 11 is 0. The van der Waals surface area contributed by atoms with Crippen molar-refractivity contribution >= 4 is 29.7 Å². The SMILES string of the molecule is COC(=O)C1CC(=O)CC(C(=O)OC)C1.COC(=O)C1CC(C(=O)OC)CC(F)(F)C1. The molecule has 2 aliphatic carbocycles. The fourth-order valence-corrected chi connectivity index (χ4v) is 3.84. The van der Waals surface area contributed by atoms with Gasteiger partial charge in [-0.25, -0.2) is 8.78 Å². The van der Waals surface area contributed by atoms with Gasteiger partial charge in [-0.05, 0) is 12.8 Å². The lowest BCUT2D eigenvalue weighted by Crippen LogP contribution is -2.39. The van der Waals surface area contributed by atoms with E-state index in [0.29, 0.717) is 6.42 Å². The Bertz CT molecular complexity index is 640. The van der Waals surface area contributed by atoms with Crippen LogP contribution in [0.25, 0.3) is 0 Å². The van der Waals surface area contributed by atoms with E-state index in [0.717, 1.165) is 14.2 Å². The fraction of sp³-hybridized carbons (Fsp3) is 0.750. The number of esters is 4. The Kier molecular flexibility index (Phi) is 9.99. The summed E-state index contributed by atoms with van der Waals surface area (Å²) < 4.78 is 44.5. The highest BCUT2D eigenvalue weighted by atomic mass is 19.3. The lowest BCUT2D eigenvalue weighted by molar-refractivity contribution is -0.163. The molecule has 0 saturated heterocycles. The summed E-state index contributed by atoms with van der Waals surface area (Å²) in [6, 6.07) is 0. The molecular formula is C20H28F2O9. The van der Waals surface area contributed by atoms with Crippen LogP contribution < -0.4 is 0 Å². The molecule has 0 radical (unpaired) electrons. The molecule has 2 fully saturated rings. The molecule has 2 aliphatic rings. The highest BCUT2D eigenvalue weighted by Crippen LogP contribution is 2.40. The highest BCUT2D eigenvalue weighted by Gasteiger charge is 2.46. The second-order valence-corrected chi connectivity index (χ2v) is 7.56. The van der Waals surface area contributed by atoms with Gasteiger partial charge in [-0.3, -0.25) is 24.0 Å². The maximum Gasteiger partial charge on any atom is 0.309 e. The van der Waals surface area contributed by atoms with E-state index in [9.17, 15) is 32.8 Å². The first-order valence-electron chi connectivity index (χ1n) is 9.68. The van der Waals surface area contributed by atoms with Crippen molar-refractivity contribution in [2.75, 3.05) is 28.4 Å². The minimum absolute atomic E-state index is 0.0644. The van der Waals surface area contributed by atoms with Gasteiger partial charge in [-0.15, -0.1) is 0 Å². The standard InChI is InChI=1S/C10H14F2O4.C10H14O5/c1-15-8(13)6-3-7(9(14)16-2)5-10(11,12)4-6;1-14-9(12)6-3-7(10(13)15-2)5-8(11)4-6/h6-7H,3-5H2,1-2H3;6-7H,3-5H2,1-2H3. The molecule has 0 aromatic carbocycles. The summed E-state index contributed by atoms with van der Waals surface area (Å²) in [5.41, 5.74) is 0. The van der Waals surface area contributed by atoms with Gasteiger partial charge in [0.1, 0.15) is 5.78 Å². The number of ether oxygens (including phenoxy) is 4. The van der Waals surface area contributed by atoms with Gasteiger partial charge in [0.25, 0.3) is 0 Å². The lowest BCUT2D eigenvalue weighted by atomic mass is 9.79. The van der Waals surface area contributed by atoms with E-state index in [4.69, 9.17) is 0 Å². The van der Waals surface area contributed by atoms with Crippen LogP contribution in [0.1, 0.15) is 38.5 Å². The zero-order valence-corrected chi connectivity index (χ0v) is 18.0. The maximum absolute atomic E-state index is 13.3. The summed E-state index contributed by atoms with van der Waals surface area (Å²) in [5, 5.41) is 0. The van der Waals surface area contributed by atoms with Gasteiger partial charge in [0.2, 0.25) is 5.92 Å². The first-order chi connectivity index (χ1) is 14.5. The van der Waals surface area contributed by atoms with Crippen LogP contribution in [0.2, 0.25) is 0 Å². The topological polar surface area (TPSA) is 122 Å². The van der Waals surface area contributed by atoms with Crippen molar-refractivity contribution in [2.45, 2.75) is 44.4 Å². The third kappa shape index (κ3) is 7.87. The van der Waals surface area contributed by atoms with Gasteiger partial charge in [0.15, 0.2) is 0 Å². The molecule has 0 N–H and O–H groups in total. The van der Waals surface area contributed by atoms with Crippen LogP contribution >= 0.6 is 0 Å². The Hall–Kier alpha value is -2.59. The van der Waals surface area contributed by atoms with E-state index in [-0.39, 0.29) is 25.0 Å². The number of rotatable bonds is 4. The number of hydrogen-bond acceptors (Lipinski definition) is 9. The minimum Gasteiger partial charge on any atom is -0.469 e. The highest BCUT2D eigenvalue weighted by molar-refractivity contribution is 5.90. The number of hydrogen-bond donors (Lipinski definition) is 0. The predicted octanol–water partition coefficient (Wildman–Crippen LogP) is 1.70. The van der Waals surface area contributed by atoms with Gasteiger partial charge in [-0.2, -0.15) is 0 Å². The van der Waals surface area contributed by atoms with E-state index in [1.54, 1.807) is 0 Å². The van der Waals surface area contributed by atoms with E-state index < -0.39 is 66.3 Å². The third-order valence-electron chi connectivity index (χ3n) is 5.31. The summed E-state index contributed by atoms with van der Waals surface area (Å²) in [4.78, 5) is 56.2. The Morgan fingerprint density at radius 3 is 1.29 bits per heavy atom. The first kappa shape index (κ1) is 26.4. The number of alkyl halides is 2. The van der Waals surface area contributed by atoms with E-state index in [2.05, 4.69) is 18.9 Å². The second kappa shape index (κ2) is 11.7. The molecule has 0 heterocycles. The molecule has 2 saturated carbocycles. The van der Waals surface area contributed by atoms with Crippen molar-refractivity contribution in [1.82, 2.24) is 0 Å². The average Bonchev–Trinajstić information content (AvgIpc) is 2.75. The molecule has 0 amide bonds. The zero-order chi connectivity index (χ0) is 23.8. The number of methoxy groups -OCH3 is 4. The number of halogens is 2. The minimum atomic E-state index is -3.02. The molecule has 31 heavy (non-hydrogen) atoms. The molecule has 0 aromatic rings. The smallest absolute Gasteiger partial charge is 0.309 e. The summed E-state index contributed by atoms with van der Waals surface area (Å²) in [6.45, 7) is 0. The van der Waals surface area contributed by atoms with Crippen LogP contribution in [0.4, 0.5) is 8.78 Å². The molecule has 0 spiro atoms. The van der Waals surface area contributed by atoms with E-state index in [1.165, 1.54) is 14.2 Å². The molecule has 0 aliphatic heterocycles. The van der Waals surface area contributed by atoms with Crippen molar-refractivity contribution in [3.8, 4) is 0 Å². The monoisotopic (exact) mass is 450 g/mol. The van der Waals surface area contributed by atoms with Gasteiger partial charge in [0.05, 0.1) is 52.1 Å². The van der Waals surface area contributed by atoms with Crippen molar-refractivity contribution < 1.29 is 51.7 Å². The lowest BCUT2D eigenvalue weighted by Gasteiger charge is -2.31. The van der Waals surface area contributed by atoms with Crippen molar-refractivity contribution in [3.63, 3.8) is 0 Å². The molecular weight excluding hydrogens is 422 g/mol. The zero-order valence-electron chi connectivity index (χ0n) is 18.0. The molecule has 176 valence electrons. The number of carbonyl (C=O) groups excluding carboxylic acids is 5. The Labute approximate surface area is 178 Å². The van der Waals surface area contributed by atoms with Crippen molar-refractivity contribution in [2.24, 2.45) is 23.7 Å². The summed E-state index contributed by atoms with van der Waals surface area (Å²) in [5.74, 6) is -8.24. The first-order valence-corrected chi connectivity index (χ1v) is 9.68. The molecule has 11 heteroatoms. The molecule has 4 atom stereocenters. The van der Waals surface area contributed by atoms with Crippen LogP contribution in [0.15, 0.2) is 0 Å². The van der Waals surface area contributed by atoms with Crippen LogP contribution in [0, 0.1) is 23.7 Å². The van der Waals surface area contributed by atoms with Gasteiger partial charge >= 0.3 is 23.9 Å². The normalized spacial score (nSPS) is 27.1. The number of carbonyl (C=O) groups is 5. The Morgan fingerprint density at radius 2 is 0.968 bits per heavy atom. The molecule has 0 bridgehead atoms. The second-order valence-electron chi connectivity index (χ2n) is 7.56. The van der Waals surface area contributed by atoms with E-state index >= 15 is 0 Å². The van der Waals surface area contributed by atoms with Crippen molar-refractivity contribution in [1.29, 1.82) is 0 Å². The van der Waals surface area contributed by atoms with Crippen LogP contribution in [-0.2, 0) is 42.9 Å². The summed E-state index contributed by atoms with van der Waals surface area (Å²) in [6.07, 6.45) is -0.388. The molecule has 4 unspecified atom stereocenters. The quantitative estimate of drug-likeness (QED) is 0.465. The number of Topliss-reactive ketones (excluding diaryl/α,β-unsaturated/α-hetero) is 1. The number of ketones is 1. The maximum atomic E-state index is 13.3. The van der Waals surface area contributed by atoms with Gasteiger partial charge < -0.3 is 18.9 Å². The molecule has 0 aromatic heterocycles. The molecule has 2 rings (SSSR count). The fourth-order valence-electron chi connectivity index (χ4n) is 3.84.